The highest BCUT2D eigenvalue weighted by Crippen LogP contribution is 2.73. The van der Waals surface area contributed by atoms with Crippen LogP contribution in [0.25, 0.3) is 0 Å². The lowest BCUT2D eigenvalue weighted by atomic mass is 9.85. The molecule has 0 aromatic heterocycles. The van der Waals surface area contributed by atoms with Gasteiger partial charge in [0.1, 0.15) is 5.75 Å². The van der Waals surface area contributed by atoms with Gasteiger partial charge in [0.05, 0.1) is 18.1 Å². The van der Waals surface area contributed by atoms with Crippen LogP contribution in [-0.2, 0) is 9.59 Å². The van der Waals surface area contributed by atoms with E-state index in [1.807, 2.05) is 0 Å². The Morgan fingerprint density at radius 1 is 1.09 bits per heavy atom. The lowest BCUT2D eigenvalue weighted by Crippen LogP contribution is -2.30. The van der Waals surface area contributed by atoms with Gasteiger partial charge in [-0.25, -0.2) is 0 Å². The maximum atomic E-state index is 12.7. The van der Waals surface area contributed by atoms with Crippen LogP contribution in [0, 0.1) is 29.1 Å². The number of allylic oxidation sites excluding steroid dienone is 2. The second-order valence-electron chi connectivity index (χ2n) is 7.01. The fourth-order valence-corrected chi connectivity index (χ4v) is 4.89. The molecule has 4 aliphatic rings. The van der Waals surface area contributed by atoms with Crippen molar-refractivity contribution in [3.63, 3.8) is 0 Å². The minimum Gasteiger partial charge on any atom is -0.507 e. The third-order valence-corrected chi connectivity index (χ3v) is 6.08. The largest absolute Gasteiger partial charge is 0.507 e. The molecule has 0 radical (unpaired) electrons. The number of rotatable bonds is 2. The molecule has 5 nitrogen and oxygen atoms in total. The zero-order chi connectivity index (χ0) is 15.8. The van der Waals surface area contributed by atoms with Crippen molar-refractivity contribution >= 4 is 18.0 Å². The molecule has 5 heteroatoms. The van der Waals surface area contributed by atoms with Crippen LogP contribution in [-0.4, -0.2) is 28.1 Å². The number of amides is 2. The molecule has 5 rings (SSSR count). The SMILES string of the molecule is O=C1[C@@H]2[C@@H](C(=O)N1/N=C\c1ccccc1O)[C@@H]1C=C[C@@H]2C12CC2. The van der Waals surface area contributed by atoms with Crippen LogP contribution < -0.4 is 0 Å². The number of carbonyl (C=O) groups is 2. The number of phenolic OH excluding ortho intramolecular Hbond substituents is 1. The number of hydrazone groups is 1. The van der Waals surface area contributed by atoms with Gasteiger partial charge in [-0.1, -0.05) is 24.3 Å². The van der Waals surface area contributed by atoms with E-state index in [4.69, 9.17) is 0 Å². The van der Waals surface area contributed by atoms with Gasteiger partial charge in [0.25, 0.3) is 11.8 Å². The molecule has 3 fully saturated rings. The predicted molar refractivity (Wildman–Crippen MR) is 82.3 cm³/mol. The highest BCUT2D eigenvalue weighted by atomic mass is 16.3. The second-order valence-corrected chi connectivity index (χ2v) is 7.01. The van der Waals surface area contributed by atoms with Gasteiger partial charge in [-0.2, -0.15) is 10.1 Å². The Bertz CT molecular complexity index is 759. The minimum atomic E-state index is -0.235. The standard InChI is InChI=1S/C18H16N2O3/c21-13-4-2-1-3-10(13)9-19-20-16(22)14-11-5-6-12(15(14)17(20)23)18(11)7-8-18/h1-6,9,11-12,14-15,21H,7-8H2/b19-9-/t11-,12-,14-,15-/m0/s1. The summed E-state index contributed by atoms with van der Waals surface area (Å²) >= 11 is 0. The Labute approximate surface area is 133 Å². The van der Waals surface area contributed by atoms with E-state index >= 15 is 0 Å². The van der Waals surface area contributed by atoms with E-state index in [1.165, 1.54) is 6.21 Å². The molecule has 1 aliphatic heterocycles. The Balaban J connectivity index is 1.46. The van der Waals surface area contributed by atoms with Crippen LogP contribution in [0.15, 0.2) is 41.5 Å². The molecule has 1 N–H and O–H groups in total. The second kappa shape index (κ2) is 4.10. The molecule has 1 aromatic rings. The zero-order valence-electron chi connectivity index (χ0n) is 12.4. The Morgan fingerprint density at radius 2 is 1.70 bits per heavy atom. The summed E-state index contributed by atoms with van der Waals surface area (Å²) in [5.74, 6) is -0.347. The first-order valence-electron chi connectivity index (χ1n) is 8.02. The quantitative estimate of drug-likeness (QED) is 0.515. The molecule has 2 bridgehead atoms. The minimum absolute atomic E-state index is 0.0780. The number of hydrogen-bond acceptors (Lipinski definition) is 4. The van der Waals surface area contributed by atoms with E-state index in [-0.39, 0.29) is 46.7 Å². The topological polar surface area (TPSA) is 70.0 Å². The van der Waals surface area contributed by atoms with Gasteiger partial charge < -0.3 is 5.11 Å². The summed E-state index contributed by atoms with van der Waals surface area (Å²) in [5.41, 5.74) is 0.693. The van der Waals surface area contributed by atoms with Crippen molar-refractivity contribution in [1.29, 1.82) is 0 Å². The third kappa shape index (κ3) is 1.49. The highest BCUT2D eigenvalue weighted by Gasteiger charge is 2.73. The van der Waals surface area contributed by atoms with E-state index in [0.717, 1.165) is 17.9 Å². The molecule has 4 atom stereocenters. The van der Waals surface area contributed by atoms with Crippen LogP contribution in [0.4, 0.5) is 0 Å². The summed E-state index contributed by atoms with van der Waals surface area (Å²) < 4.78 is 0. The first-order valence-corrected chi connectivity index (χ1v) is 8.02. The van der Waals surface area contributed by atoms with Crippen molar-refractivity contribution in [2.45, 2.75) is 12.8 Å². The van der Waals surface area contributed by atoms with Crippen molar-refractivity contribution < 1.29 is 14.7 Å². The van der Waals surface area contributed by atoms with E-state index in [2.05, 4.69) is 17.3 Å². The Morgan fingerprint density at radius 3 is 2.26 bits per heavy atom. The maximum absolute atomic E-state index is 12.7. The summed E-state index contributed by atoms with van der Waals surface area (Å²) in [4.78, 5) is 25.4. The smallest absolute Gasteiger partial charge is 0.254 e. The summed E-state index contributed by atoms with van der Waals surface area (Å²) in [6.45, 7) is 0. The van der Waals surface area contributed by atoms with Crippen molar-refractivity contribution in [2.24, 2.45) is 34.2 Å². The lowest BCUT2D eigenvalue weighted by molar-refractivity contribution is -0.141. The maximum Gasteiger partial charge on any atom is 0.254 e. The average molecular weight is 308 g/mol. The lowest BCUT2D eigenvalue weighted by Gasteiger charge is -2.18. The monoisotopic (exact) mass is 308 g/mol. The molecule has 3 aliphatic carbocycles. The molecule has 0 unspecified atom stereocenters. The fraction of sp³-hybridized carbons (Fsp3) is 0.389. The summed E-state index contributed by atoms with van der Waals surface area (Å²) in [6, 6.07) is 6.71. The molecule has 2 saturated carbocycles. The predicted octanol–water partition coefficient (Wildman–Crippen LogP) is 1.92. The normalized spacial score (nSPS) is 35.7. The summed E-state index contributed by atoms with van der Waals surface area (Å²) in [6.07, 6.45) is 7.92. The number of carbonyl (C=O) groups excluding carboxylic acids is 2. The molecule has 2 amide bonds. The van der Waals surface area contributed by atoms with Crippen LogP contribution in [0.3, 0.4) is 0 Å². The first kappa shape index (κ1) is 13.0. The first-order chi connectivity index (χ1) is 11.1. The van der Waals surface area contributed by atoms with Crippen molar-refractivity contribution in [3.8, 4) is 5.75 Å². The van der Waals surface area contributed by atoms with Gasteiger partial charge >= 0.3 is 0 Å². The molecule has 116 valence electrons. The highest BCUT2D eigenvalue weighted by molar-refractivity contribution is 6.07. The van der Waals surface area contributed by atoms with Gasteiger partial charge in [-0.3, -0.25) is 9.59 Å². The van der Waals surface area contributed by atoms with E-state index < -0.39 is 0 Å². The van der Waals surface area contributed by atoms with Crippen molar-refractivity contribution in [2.75, 3.05) is 0 Å². The van der Waals surface area contributed by atoms with Crippen LogP contribution in [0.1, 0.15) is 18.4 Å². The molecule has 1 saturated heterocycles. The number of nitrogens with zero attached hydrogens (tertiary/aromatic N) is 2. The number of imide groups is 1. The molecule has 23 heavy (non-hydrogen) atoms. The van der Waals surface area contributed by atoms with Crippen molar-refractivity contribution in [3.05, 3.63) is 42.0 Å². The summed E-state index contributed by atoms with van der Waals surface area (Å²) in [5, 5.41) is 14.9. The molecular formula is C18H16N2O3. The molecule has 1 heterocycles. The molecule has 1 aromatic carbocycles. The van der Waals surface area contributed by atoms with E-state index in [0.29, 0.717) is 5.56 Å². The van der Waals surface area contributed by atoms with E-state index in [1.54, 1.807) is 24.3 Å². The van der Waals surface area contributed by atoms with Crippen LogP contribution in [0.2, 0.25) is 0 Å². The Kier molecular flexibility index (Phi) is 2.33. The van der Waals surface area contributed by atoms with Gasteiger partial charge in [0.2, 0.25) is 0 Å². The number of aromatic hydroxyl groups is 1. The van der Waals surface area contributed by atoms with Crippen LogP contribution >= 0.6 is 0 Å². The van der Waals surface area contributed by atoms with Gasteiger partial charge in [-0.15, -0.1) is 0 Å². The van der Waals surface area contributed by atoms with Crippen molar-refractivity contribution in [1.82, 2.24) is 5.01 Å². The van der Waals surface area contributed by atoms with Gasteiger partial charge in [0.15, 0.2) is 0 Å². The van der Waals surface area contributed by atoms with Gasteiger partial charge in [-0.05, 0) is 42.2 Å². The van der Waals surface area contributed by atoms with E-state index in [9.17, 15) is 14.7 Å². The molecular weight excluding hydrogens is 292 g/mol. The third-order valence-electron chi connectivity index (χ3n) is 6.08. The average Bonchev–Trinajstić information content (AvgIpc) is 3.15. The number of benzene rings is 1. The zero-order valence-corrected chi connectivity index (χ0v) is 12.4. The summed E-state index contributed by atoms with van der Waals surface area (Å²) in [7, 11) is 0. The Hall–Kier alpha value is -2.43. The number of para-hydroxylation sites is 1. The number of phenols is 1. The number of hydrogen-bond donors (Lipinski definition) is 1. The van der Waals surface area contributed by atoms with Gasteiger partial charge in [0, 0.05) is 5.56 Å². The van der Waals surface area contributed by atoms with Crippen LogP contribution in [0.5, 0.6) is 5.75 Å². The fourth-order valence-electron chi connectivity index (χ4n) is 4.89. The number of fused-ring (bicyclic) bond motifs is 3. The molecule has 1 spiro atoms.